The lowest BCUT2D eigenvalue weighted by atomic mass is 10.0. The normalized spacial score (nSPS) is 14.4. The molecule has 0 fully saturated rings. The fourth-order valence-corrected chi connectivity index (χ4v) is 7.53. The molecule has 0 aliphatic carbocycles. The van der Waals surface area contributed by atoms with Crippen LogP contribution in [-0.2, 0) is 0 Å². The number of fused-ring (bicyclic) bond motifs is 8. The summed E-state index contributed by atoms with van der Waals surface area (Å²) in [4.78, 5) is 14.6. The Morgan fingerprint density at radius 1 is 0.521 bits per heavy atom. The topological polar surface area (TPSA) is 51.8 Å². The second kappa shape index (κ2) is 10.7. The minimum absolute atomic E-state index is 0.0216. The van der Waals surface area contributed by atoms with Crippen LogP contribution < -0.4 is 0 Å². The van der Waals surface area contributed by atoms with Crippen LogP contribution in [0, 0.1) is 0 Å². The number of hydrogen-bond donors (Lipinski definition) is 0. The van der Waals surface area contributed by atoms with E-state index in [1.165, 1.54) is 0 Å². The van der Waals surface area contributed by atoms with E-state index in [1.807, 2.05) is 66.7 Å². The van der Waals surface area contributed by atoms with Gasteiger partial charge in [-0.05, 0) is 34.7 Å². The van der Waals surface area contributed by atoms with E-state index in [0.717, 1.165) is 31.3 Å². The number of rotatable bonds is 4. The van der Waals surface area contributed by atoms with Crippen LogP contribution in [-0.4, -0.2) is 15.0 Å². The average molecular weight is 641 g/mol. The molecular formula is C43H25N3OS. The molecule has 0 aliphatic rings. The Labute approximate surface area is 292 Å². The number of thiophene rings is 1. The average Bonchev–Trinajstić information content (AvgIpc) is 3.82. The summed E-state index contributed by atoms with van der Waals surface area (Å²) in [5, 5.41) is 1.82. The molecule has 3 aromatic heterocycles. The molecule has 0 spiro atoms. The number of aromatic nitrogens is 3. The van der Waals surface area contributed by atoms with Crippen molar-refractivity contribution in [2.45, 2.75) is 0 Å². The minimum Gasteiger partial charge on any atom is -0.455 e. The highest BCUT2D eigenvalue weighted by Crippen LogP contribution is 2.42. The third-order valence-electron chi connectivity index (χ3n) is 8.48. The molecule has 0 saturated carbocycles. The van der Waals surface area contributed by atoms with E-state index in [2.05, 4.69) is 30.3 Å². The summed E-state index contributed by atoms with van der Waals surface area (Å²) in [6, 6.07) is 27.3. The SMILES string of the molecule is [2H]c1c([2H])c(-c2nc(-c3ccccc3)nc(-c3ccc4c(c3)sc3c(-c5ccccc5)cccc34)n2)c2c(oc3c4c([2H])c([2H])c([2H])c([2H])c4c([2H])c([2H])c32)c1[2H]. The van der Waals surface area contributed by atoms with E-state index in [1.54, 1.807) is 11.3 Å². The highest BCUT2D eigenvalue weighted by atomic mass is 32.1. The van der Waals surface area contributed by atoms with E-state index in [4.69, 9.17) is 30.3 Å². The first-order valence-electron chi connectivity index (χ1n) is 19.7. The maximum absolute atomic E-state index is 9.23. The van der Waals surface area contributed by atoms with Gasteiger partial charge >= 0.3 is 0 Å². The summed E-state index contributed by atoms with van der Waals surface area (Å²) in [6.07, 6.45) is 0. The lowest BCUT2D eigenvalue weighted by molar-refractivity contribution is 0.672. The Kier molecular flexibility index (Phi) is 4.34. The van der Waals surface area contributed by atoms with Crippen molar-refractivity contribution in [3.8, 4) is 45.3 Å². The van der Waals surface area contributed by atoms with Gasteiger partial charge in [-0.2, -0.15) is 0 Å². The predicted molar refractivity (Wildman–Crippen MR) is 199 cm³/mol. The molecular weight excluding hydrogens is 607 g/mol. The Bertz CT molecular complexity index is 3350. The molecule has 0 amide bonds. The number of furan rings is 1. The maximum Gasteiger partial charge on any atom is 0.164 e. The Hall–Kier alpha value is -6.17. The molecule has 0 atom stereocenters. The van der Waals surface area contributed by atoms with Crippen molar-refractivity contribution in [1.29, 1.82) is 0 Å². The van der Waals surface area contributed by atoms with Crippen LogP contribution >= 0.6 is 11.3 Å². The van der Waals surface area contributed by atoms with Gasteiger partial charge < -0.3 is 4.42 Å². The zero-order valence-corrected chi connectivity index (χ0v) is 25.7. The van der Waals surface area contributed by atoms with Crippen molar-refractivity contribution in [3.63, 3.8) is 0 Å². The molecule has 48 heavy (non-hydrogen) atoms. The van der Waals surface area contributed by atoms with Crippen molar-refractivity contribution in [3.05, 3.63) is 151 Å². The van der Waals surface area contributed by atoms with Crippen LogP contribution in [0.4, 0.5) is 0 Å². The Morgan fingerprint density at radius 3 is 2.15 bits per heavy atom. The first kappa shape index (κ1) is 19.5. The molecule has 3 heterocycles. The molecule has 0 unspecified atom stereocenters. The van der Waals surface area contributed by atoms with Gasteiger partial charge in [0.1, 0.15) is 11.2 Å². The van der Waals surface area contributed by atoms with Gasteiger partial charge in [0, 0.05) is 53.0 Å². The zero-order chi connectivity index (χ0) is 39.4. The molecule has 7 aromatic carbocycles. The van der Waals surface area contributed by atoms with Gasteiger partial charge in [-0.3, -0.25) is 0 Å². The van der Waals surface area contributed by atoms with Crippen LogP contribution in [0.2, 0.25) is 0 Å². The molecule has 0 radical (unpaired) electrons. The summed E-state index contributed by atoms with van der Waals surface area (Å²) in [5.41, 5.74) is 3.17. The van der Waals surface area contributed by atoms with Crippen molar-refractivity contribution in [2.75, 3.05) is 0 Å². The molecule has 0 aliphatic heterocycles. The predicted octanol–water partition coefficient (Wildman–Crippen LogP) is 12.0. The molecule has 0 saturated heterocycles. The van der Waals surface area contributed by atoms with Gasteiger partial charge in [-0.1, -0.05) is 133 Å². The molecule has 10 rings (SSSR count). The largest absolute Gasteiger partial charge is 0.455 e. The van der Waals surface area contributed by atoms with Gasteiger partial charge in [0.25, 0.3) is 0 Å². The van der Waals surface area contributed by atoms with E-state index >= 15 is 0 Å². The fourth-order valence-electron chi connectivity index (χ4n) is 6.25. The van der Waals surface area contributed by atoms with Crippen LogP contribution in [0.3, 0.4) is 0 Å². The molecule has 10 aromatic rings. The Morgan fingerprint density at radius 2 is 1.29 bits per heavy atom. The van der Waals surface area contributed by atoms with Gasteiger partial charge in [-0.15, -0.1) is 11.3 Å². The maximum atomic E-state index is 9.23. The van der Waals surface area contributed by atoms with Crippen LogP contribution in [0.1, 0.15) is 12.3 Å². The summed E-state index contributed by atoms with van der Waals surface area (Å²) in [7, 11) is 0. The molecule has 5 heteroatoms. The second-order valence-corrected chi connectivity index (χ2v) is 12.3. The second-order valence-electron chi connectivity index (χ2n) is 11.3. The Balaban J connectivity index is 1.27. The number of hydrogen-bond acceptors (Lipinski definition) is 5. The van der Waals surface area contributed by atoms with Crippen LogP contribution in [0.15, 0.2) is 156 Å². The summed E-state index contributed by atoms with van der Waals surface area (Å²) in [6.45, 7) is 0. The summed E-state index contributed by atoms with van der Waals surface area (Å²) >= 11 is 1.66. The highest BCUT2D eigenvalue weighted by molar-refractivity contribution is 7.26. The number of benzene rings is 7. The lowest BCUT2D eigenvalue weighted by Crippen LogP contribution is -2.00. The van der Waals surface area contributed by atoms with Gasteiger partial charge in [0.15, 0.2) is 17.5 Å². The third kappa shape index (κ3) is 4.25. The minimum atomic E-state index is -0.559. The van der Waals surface area contributed by atoms with E-state index in [-0.39, 0.29) is 55.7 Å². The fraction of sp³-hybridized carbons (Fsp3) is 0. The first-order valence-corrected chi connectivity index (χ1v) is 16.0. The van der Waals surface area contributed by atoms with Gasteiger partial charge in [-0.25, -0.2) is 15.0 Å². The third-order valence-corrected chi connectivity index (χ3v) is 9.68. The van der Waals surface area contributed by atoms with Gasteiger partial charge in [0.05, 0.1) is 12.3 Å². The summed E-state index contributed by atoms with van der Waals surface area (Å²) in [5.74, 6) is 0.510. The van der Waals surface area contributed by atoms with E-state index < -0.39 is 54.4 Å². The highest BCUT2D eigenvalue weighted by Gasteiger charge is 2.19. The number of nitrogens with zero attached hydrogens (tertiary/aromatic N) is 3. The molecule has 4 nitrogen and oxygen atoms in total. The van der Waals surface area contributed by atoms with E-state index in [0.29, 0.717) is 11.1 Å². The van der Waals surface area contributed by atoms with Crippen LogP contribution in [0.5, 0.6) is 0 Å². The lowest BCUT2D eigenvalue weighted by Gasteiger charge is -2.09. The van der Waals surface area contributed by atoms with Crippen LogP contribution in [0.25, 0.3) is 98.2 Å². The van der Waals surface area contributed by atoms with Crippen molar-refractivity contribution < 1.29 is 16.8 Å². The quantitative estimate of drug-likeness (QED) is 0.192. The van der Waals surface area contributed by atoms with Crippen molar-refractivity contribution >= 4 is 64.2 Å². The van der Waals surface area contributed by atoms with Crippen molar-refractivity contribution in [1.82, 2.24) is 15.0 Å². The zero-order valence-electron chi connectivity index (χ0n) is 33.9. The van der Waals surface area contributed by atoms with E-state index in [9.17, 15) is 1.37 Å². The molecule has 224 valence electrons. The smallest absolute Gasteiger partial charge is 0.164 e. The summed E-state index contributed by atoms with van der Waals surface area (Å²) < 4.78 is 87.2. The molecule has 0 bridgehead atoms. The standard InChI is InChI=1S/C43H25N3OS/c1-3-11-26(12-4-1)31-17-9-18-33-32-23-22-29(25-37(32)48-40(31)33)42-44-41(28-14-5-2-6-15-28)45-43(46-42)35-19-10-20-36-38(35)34-24-21-27-13-7-8-16-30(27)39(34)47-36/h1-25H/i7D,8D,10D,13D,16D,19D,20D,21D,24D. The van der Waals surface area contributed by atoms with Gasteiger partial charge in [0.2, 0.25) is 0 Å². The van der Waals surface area contributed by atoms with Crippen molar-refractivity contribution in [2.24, 2.45) is 0 Å². The molecule has 0 N–H and O–H groups in total. The monoisotopic (exact) mass is 640 g/mol. The first-order chi connectivity index (χ1) is 27.5.